The van der Waals surface area contributed by atoms with Crippen LogP contribution in [0.15, 0.2) is 0 Å². The molecule has 2 fully saturated rings. The molecule has 28 heavy (non-hydrogen) atoms. The van der Waals surface area contributed by atoms with Gasteiger partial charge in [-0.25, -0.2) is 0 Å². The first-order valence-corrected chi connectivity index (χ1v) is 10.2. The number of aliphatic carboxylic acids is 2. The van der Waals surface area contributed by atoms with E-state index in [1.54, 1.807) is 0 Å². The van der Waals surface area contributed by atoms with Crippen LogP contribution in [0.1, 0.15) is 77.0 Å². The molecule has 0 aromatic heterocycles. The molecule has 0 saturated heterocycles. The van der Waals surface area contributed by atoms with E-state index >= 15 is 0 Å². The van der Waals surface area contributed by atoms with Gasteiger partial charge in [0.25, 0.3) is 0 Å². The third-order valence-electron chi connectivity index (χ3n) is 6.22. The van der Waals surface area contributed by atoms with Crippen molar-refractivity contribution in [2.24, 2.45) is 10.8 Å². The maximum absolute atomic E-state index is 12.2. The first-order valence-electron chi connectivity index (χ1n) is 10.2. The van der Waals surface area contributed by atoms with Crippen molar-refractivity contribution in [3.05, 3.63) is 0 Å². The van der Waals surface area contributed by atoms with Gasteiger partial charge in [-0.05, 0) is 36.5 Å². The zero-order valence-corrected chi connectivity index (χ0v) is 16.4. The van der Waals surface area contributed by atoms with Gasteiger partial charge in [0.1, 0.15) is 0 Å². The molecule has 2 aliphatic rings. The van der Waals surface area contributed by atoms with Gasteiger partial charge in [-0.15, -0.1) is 0 Å². The monoisotopic (exact) mass is 396 g/mol. The summed E-state index contributed by atoms with van der Waals surface area (Å²) >= 11 is 0. The minimum absolute atomic E-state index is 0.0167. The normalized spacial score (nSPS) is 19.9. The molecule has 2 amide bonds. The molecule has 8 nitrogen and oxygen atoms in total. The average Bonchev–Trinajstić information content (AvgIpc) is 3.20. The Morgan fingerprint density at radius 1 is 0.607 bits per heavy atom. The average molecular weight is 396 g/mol. The molecule has 0 unspecified atom stereocenters. The maximum atomic E-state index is 12.2. The van der Waals surface area contributed by atoms with Crippen LogP contribution in [0.4, 0.5) is 0 Å². The number of carboxylic acids is 2. The fourth-order valence-corrected chi connectivity index (χ4v) is 4.93. The van der Waals surface area contributed by atoms with Gasteiger partial charge in [0.2, 0.25) is 11.8 Å². The topological polar surface area (TPSA) is 133 Å². The van der Waals surface area contributed by atoms with Gasteiger partial charge in [-0.1, -0.05) is 25.7 Å². The molecule has 4 N–H and O–H groups in total. The van der Waals surface area contributed by atoms with Crippen molar-refractivity contribution in [3.8, 4) is 0 Å². The minimum atomic E-state index is -0.871. The number of carbonyl (C=O) groups is 4. The van der Waals surface area contributed by atoms with Crippen molar-refractivity contribution in [1.29, 1.82) is 0 Å². The highest BCUT2D eigenvalue weighted by atomic mass is 16.4. The van der Waals surface area contributed by atoms with Crippen molar-refractivity contribution in [1.82, 2.24) is 10.6 Å². The van der Waals surface area contributed by atoms with Gasteiger partial charge < -0.3 is 20.8 Å². The molecule has 0 heterocycles. The highest BCUT2D eigenvalue weighted by Gasteiger charge is 2.39. The summed E-state index contributed by atoms with van der Waals surface area (Å²) in [5.41, 5.74) is -0.879. The smallest absolute Gasteiger partial charge is 0.303 e. The predicted molar refractivity (Wildman–Crippen MR) is 102 cm³/mol. The highest BCUT2D eigenvalue weighted by Crippen LogP contribution is 2.44. The summed E-state index contributed by atoms with van der Waals surface area (Å²) in [6, 6.07) is 0. The van der Waals surface area contributed by atoms with Gasteiger partial charge in [-0.3, -0.25) is 19.2 Å². The van der Waals surface area contributed by atoms with E-state index in [1.807, 2.05) is 0 Å². The Balaban J connectivity index is 1.70. The van der Waals surface area contributed by atoms with Crippen molar-refractivity contribution < 1.29 is 29.4 Å². The molecule has 158 valence electrons. The molecule has 0 atom stereocenters. The third-order valence-corrected chi connectivity index (χ3v) is 6.22. The molecule has 2 saturated carbocycles. The highest BCUT2D eigenvalue weighted by molar-refractivity contribution is 5.79. The molecule has 2 rings (SSSR count). The van der Waals surface area contributed by atoms with Crippen molar-refractivity contribution in [3.63, 3.8) is 0 Å². The second-order valence-electron chi connectivity index (χ2n) is 8.61. The fraction of sp³-hybridized carbons (Fsp3) is 0.800. The van der Waals surface area contributed by atoms with Crippen molar-refractivity contribution in [2.45, 2.75) is 77.0 Å². The number of nitrogens with one attached hydrogen (secondary N) is 2. The molecule has 0 bridgehead atoms. The Bertz CT molecular complexity index is 540. The Labute approximate surface area is 165 Å². The molecule has 0 aromatic rings. The summed E-state index contributed by atoms with van der Waals surface area (Å²) in [7, 11) is 0. The van der Waals surface area contributed by atoms with Gasteiger partial charge in [0, 0.05) is 25.9 Å². The summed E-state index contributed by atoms with van der Waals surface area (Å²) in [6.07, 6.45) is 7.29. The molecule has 0 aliphatic heterocycles. The lowest BCUT2D eigenvalue weighted by atomic mass is 9.79. The van der Waals surface area contributed by atoms with Crippen LogP contribution >= 0.6 is 0 Å². The Hall–Kier alpha value is -2.12. The van der Waals surface area contributed by atoms with E-state index in [0.717, 1.165) is 51.4 Å². The minimum Gasteiger partial charge on any atom is -0.481 e. The lowest BCUT2D eigenvalue weighted by Crippen LogP contribution is -2.38. The van der Waals surface area contributed by atoms with Crippen LogP contribution in [0, 0.1) is 10.8 Å². The van der Waals surface area contributed by atoms with E-state index in [4.69, 9.17) is 10.2 Å². The summed E-state index contributed by atoms with van der Waals surface area (Å²) < 4.78 is 0. The Morgan fingerprint density at radius 3 is 1.21 bits per heavy atom. The van der Waals surface area contributed by atoms with E-state index in [0.29, 0.717) is 0 Å². The largest absolute Gasteiger partial charge is 0.481 e. The number of carbonyl (C=O) groups excluding carboxylic acids is 2. The standard InChI is InChI=1S/C20H32N2O6/c23-15(11-19(13-17(25)26)5-1-2-6-19)21-9-10-22-16(24)12-20(14-18(27)28)7-3-4-8-20/h1-14H2,(H,21,23)(H,22,24)(H,25,26)(H,27,28). The summed E-state index contributed by atoms with van der Waals surface area (Å²) in [5.74, 6) is -2.11. The van der Waals surface area contributed by atoms with Crippen LogP contribution in [0.3, 0.4) is 0 Å². The van der Waals surface area contributed by atoms with Crippen LogP contribution in [0.5, 0.6) is 0 Å². The van der Waals surface area contributed by atoms with Crippen molar-refractivity contribution >= 4 is 23.8 Å². The predicted octanol–water partition coefficient (Wildman–Crippen LogP) is 2.07. The number of amides is 2. The van der Waals surface area contributed by atoms with Gasteiger partial charge in [0.05, 0.1) is 12.8 Å². The third kappa shape index (κ3) is 6.80. The summed E-state index contributed by atoms with van der Waals surface area (Å²) in [6.45, 7) is 0.555. The first kappa shape index (κ1) is 22.2. The van der Waals surface area contributed by atoms with Crippen molar-refractivity contribution in [2.75, 3.05) is 13.1 Å². The van der Waals surface area contributed by atoms with Crippen LogP contribution in [-0.4, -0.2) is 47.1 Å². The molecule has 0 aromatic carbocycles. The number of rotatable bonds is 11. The van der Waals surface area contributed by atoms with Crippen LogP contribution in [0.2, 0.25) is 0 Å². The lowest BCUT2D eigenvalue weighted by molar-refractivity contribution is -0.142. The molecular formula is C20H32N2O6. The second-order valence-corrected chi connectivity index (χ2v) is 8.61. The molecule has 0 radical (unpaired) electrons. The zero-order chi connectivity index (χ0) is 20.6. The SMILES string of the molecule is O=C(O)CC1(CC(=O)NCCNC(=O)CC2(CC(=O)O)CCCC2)CCCC1. The first-order chi connectivity index (χ1) is 13.2. The van der Waals surface area contributed by atoms with E-state index in [2.05, 4.69) is 10.6 Å². The van der Waals surface area contributed by atoms with E-state index < -0.39 is 22.8 Å². The molecule has 2 aliphatic carbocycles. The Morgan fingerprint density at radius 2 is 0.929 bits per heavy atom. The number of carboxylic acid groups (broad SMARTS) is 2. The van der Waals surface area contributed by atoms with Gasteiger partial charge in [0.15, 0.2) is 0 Å². The summed E-state index contributed by atoms with van der Waals surface area (Å²) in [5, 5.41) is 23.7. The molecule has 8 heteroatoms. The maximum Gasteiger partial charge on any atom is 0.303 e. The van der Waals surface area contributed by atoms with Crippen LogP contribution < -0.4 is 10.6 Å². The Kier molecular flexibility index (Phi) is 7.83. The lowest BCUT2D eigenvalue weighted by Gasteiger charge is -2.27. The number of hydrogen-bond donors (Lipinski definition) is 4. The number of hydrogen-bond acceptors (Lipinski definition) is 4. The van der Waals surface area contributed by atoms with Gasteiger partial charge >= 0.3 is 11.9 Å². The van der Waals surface area contributed by atoms with Crippen LogP contribution in [0.25, 0.3) is 0 Å². The van der Waals surface area contributed by atoms with E-state index in [-0.39, 0.29) is 50.6 Å². The van der Waals surface area contributed by atoms with E-state index in [9.17, 15) is 19.2 Å². The van der Waals surface area contributed by atoms with E-state index in [1.165, 1.54) is 0 Å². The molecule has 0 spiro atoms. The fourth-order valence-electron chi connectivity index (χ4n) is 4.93. The van der Waals surface area contributed by atoms with Gasteiger partial charge in [-0.2, -0.15) is 0 Å². The second kappa shape index (κ2) is 9.89. The summed E-state index contributed by atoms with van der Waals surface area (Å²) in [4.78, 5) is 46.6. The molecular weight excluding hydrogens is 364 g/mol. The van der Waals surface area contributed by atoms with Crippen LogP contribution in [-0.2, 0) is 19.2 Å². The quantitative estimate of drug-likeness (QED) is 0.395. The zero-order valence-electron chi connectivity index (χ0n) is 16.4.